The van der Waals surface area contributed by atoms with Gasteiger partial charge in [-0.2, -0.15) is 0 Å². The monoisotopic (exact) mass is 552 g/mol. The Labute approximate surface area is 246 Å². The molecule has 3 heterocycles. The Morgan fingerprint density at radius 3 is 1.23 bits per heavy atom. The fraction of sp³-hybridized carbons (Fsp3) is 0. The van der Waals surface area contributed by atoms with Gasteiger partial charge in [-0.3, -0.25) is 0 Å². The second-order valence-electron chi connectivity index (χ2n) is 10.8. The second-order valence-corrected chi connectivity index (χ2v) is 10.8. The third-order valence-electron chi connectivity index (χ3n) is 8.30. The van der Waals surface area contributed by atoms with E-state index in [2.05, 4.69) is 153 Å². The number of benzene rings is 6. The van der Waals surface area contributed by atoms with Crippen molar-refractivity contribution in [3.63, 3.8) is 0 Å². The molecular formula is C38H24N4O. The predicted molar refractivity (Wildman–Crippen MR) is 174 cm³/mol. The molecule has 43 heavy (non-hydrogen) atoms. The highest BCUT2D eigenvalue weighted by Crippen LogP contribution is 2.37. The summed E-state index contributed by atoms with van der Waals surface area (Å²) in [5.74, 6) is 0.982. The van der Waals surface area contributed by atoms with E-state index in [-0.39, 0.29) is 0 Å². The van der Waals surface area contributed by atoms with E-state index in [1.54, 1.807) is 0 Å². The minimum atomic E-state index is 0.491. The molecule has 0 amide bonds. The Morgan fingerprint density at radius 1 is 0.372 bits per heavy atom. The summed E-state index contributed by atoms with van der Waals surface area (Å²) in [6.45, 7) is 0. The Balaban J connectivity index is 1.19. The van der Waals surface area contributed by atoms with Gasteiger partial charge in [0.2, 0.25) is 11.8 Å². The highest BCUT2D eigenvalue weighted by Gasteiger charge is 2.18. The van der Waals surface area contributed by atoms with Crippen molar-refractivity contribution < 1.29 is 4.42 Å². The average Bonchev–Trinajstić information content (AvgIpc) is 3.78. The van der Waals surface area contributed by atoms with E-state index in [9.17, 15) is 0 Å². The van der Waals surface area contributed by atoms with Crippen molar-refractivity contribution in [2.24, 2.45) is 0 Å². The van der Waals surface area contributed by atoms with Crippen LogP contribution in [0.5, 0.6) is 0 Å². The summed E-state index contributed by atoms with van der Waals surface area (Å²) in [7, 11) is 0. The smallest absolute Gasteiger partial charge is 0.248 e. The molecule has 9 aromatic rings. The van der Waals surface area contributed by atoms with Crippen LogP contribution >= 0.6 is 0 Å². The maximum absolute atomic E-state index is 6.35. The van der Waals surface area contributed by atoms with E-state index in [0.717, 1.165) is 44.6 Å². The maximum atomic E-state index is 6.35. The van der Waals surface area contributed by atoms with Gasteiger partial charge in [-0.1, -0.05) is 84.9 Å². The first-order chi connectivity index (χ1) is 21.3. The summed E-state index contributed by atoms with van der Waals surface area (Å²) < 4.78 is 10.9. The van der Waals surface area contributed by atoms with Crippen molar-refractivity contribution in [3.05, 3.63) is 146 Å². The van der Waals surface area contributed by atoms with E-state index in [1.165, 1.54) is 21.5 Å². The first-order valence-corrected chi connectivity index (χ1v) is 14.3. The molecule has 9 rings (SSSR count). The van der Waals surface area contributed by atoms with Crippen LogP contribution in [0.3, 0.4) is 0 Å². The molecule has 0 atom stereocenters. The first-order valence-electron chi connectivity index (χ1n) is 14.3. The lowest BCUT2D eigenvalue weighted by Crippen LogP contribution is -1.93. The van der Waals surface area contributed by atoms with Crippen LogP contribution in [-0.4, -0.2) is 19.3 Å². The maximum Gasteiger partial charge on any atom is 0.248 e. The van der Waals surface area contributed by atoms with Gasteiger partial charge in [0.05, 0.1) is 22.1 Å². The topological polar surface area (TPSA) is 48.8 Å². The number of aromatic nitrogens is 4. The largest absolute Gasteiger partial charge is 0.416 e. The Morgan fingerprint density at radius 2 is 0.767 bits per heavy atom. The van der Waals surface area contributed by atoms with Crippen LogP contribution in [-0.2, 0) is 0 Å². The van der Waals surface area contributed by atoms with Crippen molar-refractivity contribution in [3.8, 4) is 34.3 Å². The molecule has 0 saturated carbocycles. The molecule has 0 fully saturated rings. The number of hydrogen-bond acceptors (Lipinski definition) is 3. The van der Waals surface area contributed by atoms with Gasteiger partial charge >= 0.3 is 0 Å². The summed E-state index contributed by atoms with van der Waals surface area (Å²) in [5.41, 5.74) is 8.50. The highest BCUT2D eigenvalue weighted by molar-refractivity contribution is 6.11. The SMILES string of the molecule is c1ccc(-n2c3ccccc3c3ccc(-c4nnc(-c5ccc6c7ccccc7n(-c7ccccc7)c6c5)o4)cc32)cc1. The number of fused-ring (bicyclic) bond motifs is 6. The quantitative estimate of drug-likeness (QED) is 0.218. The van der Waals surface area contributed by atoms with Crippen LogP contribution in [0.1, 0.15) is 0 Å². The minimum Gasteiger partial charge on any atom is -0.416 e. The molecule has 0 aliphatic carbocycles. The van der Waals surface area contributed by atoms with Crippen molar-refractivity contribution in [1.82, 2.24) is 19.3 Å². The van der Waals surface area contributed by atoms with Crippen LogP contribution in [0, 0.1) is 0 Å². The lowest BCUT2D eigenvalue weighted by molar-refractivity contribution is 0.584. The summed E-state index contributed by atoms with van der Waals surface area (Å²) >= 11 is 0. The van der Waals surface area contributed by atoms with Gasteiger partial charge in [-0.05, 0) is 60.7 Å². The second kappa shape index (κ2) is 9.29. The van der Waals surface area contributed by atoms with Gasteiger partial charge in [-0.15, -0.1) is 10.2 Å². The van der Waals surface area contributed by atoms with Gasteiger partial charge < -0.3 is 13.6 Å². The fourth-order valence-corrected chi connectivity index (χ4v) is 6.37. The average molecular weight is 553 g/mol. The van der Waals surface area contributed by atoms with Crippen molar-refractivity contribution >= 4 is 43.6 Å². The molecule has 0 aliphatic rings. The van der Waals surface area contributed by atoms with E-state index >= 15 is 0 Å². The third kappa shape index (κ3) is 3.65. The molecule has 0 unspecified atom stereocenters. The van der Waals surface area contributed by atoms with Gasteiger partial charge in [0, 0.05) is 44.0 Å². The van der Waals surface area contributed by atoms with Gasteiger partial charge in [0.25, 0.3) is 0 Å². The molecule has 0 spiro atoms. The lowest BCUT2D eigenvalue weighted by atomic mass is 10.1. The number of para-hydroxylation sites is 4. The van der Waals surface area contributed by atoms with Crippen LogP contribution in [0.2, 0.25) is 0 Å². The first kappa shape index (κ1) is 23.7. The summed E-state index contributed by atoms with van der Waals surface area (Å²) in [5, 5.41) is 13.8. The predicted octanol–water partition coefficient (Wildman–Crippen LogP) is 9.60. The van der Waals surface area contributed by atoms with E-state index in [4.69, 9.17) is 4.42 Å². The molecule has 3 aromatic heterocycles. The van der Waals surface area contributed by atoms with Crippen molar-refractivity contribution in [2.75, 3.05) is 0 Å². The van der Waals surface area contributed by atoms with Crippen molar-refractivity contribution in [1.29, 1.82) is 0 Å². The van der Waals surface area contributed by atoms with E-state index in [0.29, 0.717) is 11.8 Å². The zero-order chi connectivity index (χ0) is 28.3. The molecule has 5 heteroatoms. The number of hydrogen-bond donors (Lipinski definition) is 0. The fourth-order valence-electron chi connectivity index (χ4n) is 6.37. The molecule has 0 N–H and O–H groups in total. The normalized spacial score (nSPS) is 11.7. The number of rotatable bonds is 4. The lowest BCUT2D eigenvalue weighted by Gasteiger charge is -2.08. The molecule has 6 aromatic carbocycles. The molecule has 0 saturated heterocycles. The molecule has 5 nitrogen and oxygen atoms in total. The zero-order valence-corrected chi connectivity index (χ0v) is 23.1. The van der Waals surface area contributed by atoms with Gasteiger partial charge in [0.1, 0.15) is 0 Å². The summed E-state index contributed by atoms with van der Waals surface area (Å²) in [6.07, 6.45) is 0. The molecule has 0 bridgehead atoms. The van der Waals surface area contributed by atoms with E-state index < -0.39 is 0 Å². The minimum absolute atomic E-state index is 0.491. The highest BCUT2D eigenvalue weighted by atomic mass is 16.4. The van der Waals surface area contributed by atoms with Crippen molar-refractivity contribution in [2.45, 2.75) is 0 Å². The van der Waals surface area contributed by atoms with E-state index in [1.807, 2.05) is 12.1 Å². The molecule has 202 valence electrons. The molecule has 0 radical (unpaired) electrons. The Kier molecular flexibility index (Phi) is 5.13. The summed E-state index contributed by atoms with van der Waals surface area (Å²) in [4.78, 5) is 0. The van der Waals surface area contributed by atoms with Crippen LogP contribution in [0.15, 0.2) is 150 Å². The van der Waals surface area contributed by atoms with Crippen LogP contribution < -0.4 is 0 Å². The van der Waals surface area contributed by atoms with Gasteiger partial charge in [-0.25, -0.2) is 0 Å². The van der Waals surface area contributed by atoms with Crippen LogP contribution in [0.4, 0.5) is 0 Å². The standard InChI is InChI=1S/C38H24N4O/c1-3-11-27(12-4-1)41-33-17-9-7-15-29(33)31-21-19-25(23-35(31)41)37-39-40-38(43-37)26-20-22-32-30-16-8-10-18-34(30)42(36(32)24-26)28-13-5-2-6-14-28/h1-24H. The third-order valence-corrected chi connectivity index (χ3v) is 8.30. The van der Waals surface area contributed by atoms with Crippen LogP contribution in [0.25, 0.3) is 77.9 Å². The van der Waals surface area contributed by atoms with Gasteiger partial charge in [0.15, 0.2) is 0 Å². The Hall–Kier alpha value is -5.94. The summed E-state index contributed by atoms with van der Waals surface area (Å²) in [6, 6.07) is 50.6. The zero-order valence-electron chi connectivity index (χ0n) is 23.1. The Bertz CT molecular complexity index is 2280. The number of nitrogens with zero attached hydrogens (tertiary/aromatic N) is 4. The molecular weight excluding hydrogens is 528 g/mol. The molecule has 0 aliphatic heterocycles.